The number of nitrogens with one attached hydrogen (secondary N) is 1. The first-order valence-electron chi connectivity index (χ1n) is 9.49. The van der Waals surface area contributed by atoms with Crippen LogP contribution in [0.2, 0.25) is 0 Å². The molecule has 3 aromatic rings. The fourth-order valence-corrected chi connectivity index (χ4v) is 2.96. The molecule has 0 saturated heterocycles. The van der Waals surface area contributed by atoms with Gasteiger partial charge in [0.2, 0.25) is 5.75 Å². The quantitative estimate of drug-likeness (QED) is 0.499. The van der Waals surface area contributed by atoms with E-state index in [2.05, 4.69) is 9.97 Å². The van der Waals surface area contributed by atoms with Crippen molar-refractivity contribution in [3.8, 4) is 17.6 Å². The maximum atomic E-state index is 14.2. The number of rotatable bonds is 6. The first kappa shape index (κ1) is 25.5. The van der Waals surface area contributed by atoms with Gasteiger partial charge in [-0.3, -0.25) is 14.2 Å². The minimum atomic E-state index is -6.19. The number of benzene rings is 1. The van der Waals surface area contributed by atoms with Crippen LogP contribution in [0.5, 0.6) is 11.5 Å². The SMILES string of the molecule is Cc1c(C#N)cc(C(F)F)cc1Oc1c(C(F)(F)C(F)(F)F)ncn(Cc2ccc[nH]c2=O)c1=O. The van der Waals surface area contributed by atoms with E-state index in [4.69, 9.17) is 10.00 Å². The predicted molar refractivity (Wildman–Crippen MR) is 106 cm³/mol. The summed E-state index contributed by atoms with van der Waals surface area (Å²) in [5, 5.41) is 9.16. The van der Waals surface area contributed by atoms with Gasteiger partial charge >= 0.3 is 12.1 Å². The van der Waals surface area contributed by atoms with Crippen molar-refractivity contribution in [3.05, 3.63) is 85.4 Å². The molecule has 184 valence electrons. The maximum absolute atomic E-state index is 14.2. The number of pyridine rings is 1. The number of aromatic amines is 1. The van der Waals surface area contributed by atoms with Gasteiger partial charge in [-0.2, -0.15) is 27.2 Å². The lowest BCUT2D eigenvalue weighted by molar-refractivity contribution is -0.291. The van der Waals surface area contributed by atoms with Gasteiger partial charge in [-0.25, -0.2) is 13.8 Å². The summed E-state index contributed by atoms with van der Waals surface area (Å²) in [6.07, 6.45) is -7.71. The van der Waals surface area contributed by atoms with E-state index in [1.165, 1.54) is 18.3 Å². The second-order valence-corrected chi connectivity index (χ2v) is 7.16. The molecule has 0 fully saturated rings. The molecule has 0 bridgehead atoms. The number of halogens is 7. The molecule has 7 nitrogen and oxygen atoms in total. The van der Waals surface area contributed by atoms with E-state index in [0.717, 1.165) is 13.0 Å². The van der Waals surface area contributed by atoms with E-state index in [1.807, 2.05) is 0 Å². The number of hydrogen-bond acceptors (Lipinski definition) is 5. The van der Waals surface area contributed by atoms with Crippen LogP contribution in [-0.4, -0.2) is 20.7 Å². The summed E-state index contributed by atoms with van der Waals surface area (Å²) in [7, 11) is 0. The number of nitrogens with zero attached hydrogens (tertiary/aromatic N) is 3. The van der Waals surface area contributed by atoms with E-state index in [1.54, 1.807) is 6.07 Å². The minimum Gasteiger partial charge on any atom is -0.449 e. The third-order valence-electron chi connectivity index (χ3n) is 4.86. The normalized spacial score (nSPS) is 12.0. The number of nitriles is 1. The molecule has 1 aromatic carbocycles. The van der Waals surface area contributed by atoms with Gasteiger partial charge in [-0.05, 0) is 25.1 Å². The lowest BCUT2D eigenvalue weighted by Crippen LogP contribution is -2.37. The highest BCUT2D eigenvalue weighted by molar-refractivity contribution is 5.51. The molecule has 0 atom stereocenters. The zero-order valence-electron chi connectivity index (χ0n) is 17.5. The third-order valence-corrected chi connectivity index (χ3v) is 4.86. The highest BCUT2D eigenvalue weighted by Crippen LogP contribution is 2.46. The number of aromatic nitrogens is 3. The van der Waals surface area contributed by atoms with Crippen LogP contribution in [0, 0.1) is 18.3 Å². The monoisotopic (exact) mass is 502 g/mol. The Hall–Kier alpha value is -4.15. The molecular weight excluding hydrogens is 489 g/mol. The highest BCUT2D eigenvalue weighted by Gasteiger charge is 2.62. The standard InChI is InChI=1S/C21H13F7N4O3/c1-10-13(7-29)5-12(17(22)23)6-14(10)35-15-16(20(24,25)21(26,27)28)31-9-32(19(15)34)8-11-3-2-4-30-18(11)33/h2-6,9,17H,8H2,1H3,(H,30,33). The number of H-pyrrole nitrogens is 1. The lowest BCUT2D eigenvalue weighted by Gasteiger charge is -2.22. The van der Waals surface area contributed by atoms with Gasteiger partial charge in [0, 0.05) is 22.9 Å². The van der Waals surface area contributed by atoms with Crippen LogP contribution in [0.15, 0.2) is 46.4 Å². The summed E-state index contributed by atoms with van der Waals surface area (Å²) in [6, 6.07) is 5.60. The average Bonchev–Trinajstić information content (AvgIpc) is 2.78. The first-order chi connectivity index (χ1) is 16.3. The number of alkyl halides is 7. The van der Waals surface area contributed by atoms with E-state index in [0.29, 0.717) is 17.0 Å². The molecule has 0 amide bonds. The zero-order chi connectivity index (χ0) is 26.1. The molecule has 0 saturated carbocycles. The van der Waals surface area contributed by atoms with Crippen LogP contribution in [-0.2, 0) is 12.5 Å². The summed E-state index contributed by atoms with van der Waals surface area (Å²) >= 11 is 0. The Balaban J connectivity index is 2.26. The molecule has 0 aliphatic carbocycles. The number of hydrogen-bond donors (Lipinski definition) is 1. The number of ether oxygens (including phenoxy) is 1. The van der Waals surface area contributed by atoms with Crippen molar-refractivity contribution in [1.29, 1.82) is 5.26 Å². The van der Waals surface area contributed by atoms with Gasteiger partial charge < -0.3 is 9.72 Å². The molecule has 3 rings (SSSR count). The van der Waals surface area contributed by atoms with Gasteiger partial charge in [-0.1, -0.05) is 6.07 Å². The Morgan fingerprint density at radius 2 is 1.89 bits per heavy atom. The van der Waals surface area contributed by atoms with Crippen LogP contribution in [0.1, 0.15) is 34.4 Å². The van der Waals surface area contributed by atoms with Crippen LogP contribution in [0.4, 0.5) is 30.7 Å². The molecule has 14 heteroatoms. The average molecular weight is 502 g/mol. The summed E-state index contributed by atoms with van der Waals surface area (Å²) in [4.78, 5) is 30.2. The van der Waals surface area contributed by atoms with Crippen molar-refractivity contribution in [2.45, 2.75) is 32.0 Å². The summed E-state index contributed by atoms with van der Waals surface area (Å²) in [5.41, 5.74) is -5.80. The van der Waals surface area contributed by atoms with Gasteiger partial charge in [0.15, 0.2) is 5.69 Å². The fraction of sp³-hybridized carbons (Fsp3) is 0.238. The largest absolute Gasteiger partial charge is 0.459 e. The molecule has 35 heavy (non-hydrogen) atoms. The van der Waals surface area contributed by atoms with Crippen LogP contribution < -0.4 is 15.9 Å². The molecule has 1 N–H and O–H groups in total. The van der Waals surface area contributed by atoms with E-state index in [-0.39, 0.29) is 16.7 Å². The predicted octanol–water partition coefficient (Wildman–Crippen LogP) is 4.54. The zero-order valence-corrected chi connectivity index (χ0v) is 17.5. The lowest BCUT2D eigenvalue weighted by atomic mass is 10.0. The molecule has 2 aromatic heterocycles. The van der Waals surface area contributed by atoms with Crippen LogP contribution in [0.25, 0.3) is 0 Å². The van der Waals surface area contributed by atoms with Crippen LogP contribution in [0.3, 0.4) is 0 Å². The highest BCUT2D eigenvalue weighted by atomic mass is 19.4. The fourth-order valence-electron chi connectivity index (χ4n) is 2.96. The summed E-state index contributed by atoms with van der Waals surface area (Å²) in [6.45, 7) is 0.568. The Bertz CT molecular complexity index is 1420. The smallest absolute Gasteiger partial charge is 0.449 e. The van der Waals surface area contributed by atoms with Gasteiger partial charge in [0.05, 0.1) is 24.5 Å². The van der Waals surface area contributed by atoms with Gasteiger partial charge in [0.25, 0.3) is 17.5 Å². The van der Waals surface area contributed by atoms with E-state index >= 15 is 0 Å². The maximum Gasteiger partial charge on any atom is 0.459 e. The molecule has 0 aliphatic heterocycles. The van der Waals surface area contributed by atoms with Crippen molar-refractivity contribution in [1.82, 2.24) is 14.5 Å². The molecule has 2 heterocycles. The van der Waals surface area contributed by atoms with E-state index < -0.39 is 58.9 Å². The Kier molecular flexibility index (Phi) is 6.73. The Morgan fingerprint density at radius 3 is 2.46 bits per heavy atom. The minimum absolute atomic E-state index is 0.0691. The Morgan fingerprint density at radius 1 is 1.20 bits per heavy atom. The van der Waals surface area contributed by atoms with Crippen LogP contribution >= 0.6 is 0 Å². The second kappa shape index (κ2) is 9.24. The summed E-state index contributed by atoms with van der Waals surface area (Å²) < 4.78 is 99.8. The van der Waals surface area contributed by atoms with Gasteiger partial charge in [0.1, 0.15) is 5.75 Å². The van der Waals surface area contributed by atoms with Crippen molar-refractivity contribution in [3.63, 3.8) is 0 Å². The van der Waals surface area contributed by atoms with Gasteiger partial charge in [-0.15, -0.1) is 0 Å². The molecule has 0 aliphatic rings. The molecule has 0 unspecified atom stereocenters. The third kappa shape index (κ3) is 4.88. The first-order valence-corrected chi connectivity index (χ1v) is 9.49. The van der Waals surface area contributed by atoms with Crippen molar-refractivity contribution in [2.75, 3.05) is 0 Å². The van der Waals surface area contributed by atoms with E-state index in [9.17, 15) is 40.3 Å². The molecule has 0 spiro atoms. The Labute approximate surface area is 191 Å². The molecular formula is C21H13F7N4O3. The van der Waals surface area contributed by atoms with Crippen molar-refractivity contribution in [2.24, 2.45) is 0 Å². The van der Waals surface area contributed by atoms with Crippen molar-refractivity contribution < 1.29 is 35.5 Å². The topological polar surface area (TPSA) is 101 Å². The summed E-state index contributed by atoms with van der Waals surface area (Å²) in [5.74, 6) is -8.01. The molecule has 0 radical (unpaired) electrons. The second-order valence-electron chi connectivity index (χ2n) is 7.16. The van der Waals surface area contributed by atoms with Crippen molar-refractivity contribution >= 4 is 0 Å².